The van der Waals surface area contributed by atoms with Crippen LogP contribution in [-0.2, 0) is 13.1 Å². The van der Waals surface area contributed by atoms with E-state index in [1.165, 1.54) is 0 Å². The minimum absolute atomic E-state index is 0.577. The van der Waals surface area contributed by atoms with E-state index in [1.54, 1.807) is 0 Å². The highest BCUT2D eigenvalue weighted by atomic mass is 16.4. The number of aromatic nitrogens is 3. The van der Waals surface area contributed by atoms with Gasteiger partial charge in [-0.1, -0.05) is 19.9 Å². The molecule has 0 amide bonds. The molecule has 0 atom stereocenters. The molecular formula is C14H20N4O. The molecule has 2 aromatic heterocycles. The smallest absolute Gasteiger partial charge is 0.230 e. The number of nitrogens with zero attached hydrogens (tertiary/aromatic N) is 4. The van der Waals surface area contributed by atoms with E-state index in [-0.39, 0.29) is 0 Å². The minimum atomic E-state index is 0.577. The van der Waals surface area contributed by atoms with Crippen LogP contribution in [0.15, 0.2) is 28.8 Å². The molecule has 0 saturated carbocycles. The van der Waals surface area contributed by atoms with E-state index in [0.29, 0.717) is 24.2 Å². The first-order valence-corrected chi connectivity index (χ1v) is 6.54. The topological polar surface area (TPSA) is 55.1 Å². The molecule has 0 aliphatic carbocycles. The van der Waals surface area contributed by atoms with Gasteiger partial charge in [-0.3, -0.25) is 9.88 Å². The van der Waals surface area contributed by atoms with Gasteiger partial charge in [-0.05, 0) is 18.1 Å². The Morgan fingerprint density at radius 2 is 2.05 bits per heavy atom. The Morgan fingerprint density at radius 1 is 1.21 bits per heavy atom. The number of pyridine rings is 1. The standard InChI is InChI=1S/C14H20N4O/c1-11(2)8-18(9-13-6-4-5-7-15-13)10-14-17-16-12(3)19-14/h4-7,11H,8-10H2,1-3H3. The Morgan fingerprint density at radius 3 is 2.63 bits per heavy atom. The Balaban J connectivity index is 2.03. The minimum Gasteiger partial charge on any atom is -0.424 e. The van der Waals surface area contributed by atoms with Crippen molar-refractivity contribution in [3.63, 3.8) is 0 Å². The van der Waals surface area contributed by atoms with Crippen molar-refractivity contribution in [1.29, 1.82) is 0 Å². The lowest BCUT2D eigenvalue weighted by molar-refractivity contribution is 0.203. The monoisotopic (exact) mass is 260 g/mol. The molecule has 0 unspecified atom stereocenters. The van der Waals surface area contributed by atoms with Crippen molar-refractivity contribution in [2.45, 2.75) is 33.9 Å². The molecule has 19 heavy (non-hydrogen) atoms. The fourth-order valence-corrected chi connectivity index (χ4v) is 2.01. The predicted octanol–water partition coefficient (Wildman–Crippen LogP) is 2.43. The molecule has 0 spiro atoms. The third kappa shape index (κ3) is 4.44. The molecule has 5 heteroatoms. The van der Waals surface area contributed by atoms with Gasteiger partial charge in [0.2, 0.25) is 11.8 Å². The van der Waals surface area contributed by atoms with E-state index >= 15 is 0 Å². The number of hydrogen-bond donors (Lipinski definition) is 0. The molecule has 0 saturated heterocycles. The van der Waals surface area contributed by atoms with Crippen LogP contribution in [0.5, 0.6) is 0 Å². The maximum atomic E-state index is 5.45. The quantitative estimate of drug-likeness (QED) is 0.798. The first-order valence-electron chi connectivity index (χ1n) is 6.54. The van der Waals surface area contributed by atoms with E-state index in [4.69, 9.17) is 4.42 Å². The molecule has 0 aliphatic heterocycles. The average molecular weight is 260 g/mol. The number of aryl methyl sites for hydroxylation is 1. The van der Waals surface area contributed by atoms with Crippen molar-refractivity contribution in [2.75, 3.05) is 6.54 Å². The SMILES string of the molecule is Cc1nnc(CN(Cc2ccccn2)CC(C)C)o1. The highest BCUT2D eigenvalue weighted by molar-refractivity contribution is 5.03. The third-order valence-electron chi connectivity index (χ3n) is 2.66. The van der Waals surface area contributed by atoms with Crippen molar-refractivity contribution in [3.05, 3.63) is 41.9 Å². The van der Waals surface area contributed by atoms with Gasteiger partial charge in [0.15, 0.2) is 0 Å². The molecule has 2 rings (SSSR count). The van der Waals surface area contributed by atoms with E-state index in [9.17, 15) is 0 Å². The summed E-state index contributed by atoms with van der Waals surface area (Å²) in [5, 5.41) is 7.92. The Hall–Kier alpha value is -1.75. The second-order valence-corrected chi connectivity index (χ2v) is 5.10. The van der Waals surface area contributed by atoms with Crippen molar-refractivity contribution in [1.82, 2.24) is 20.1 Å². The van der Waals surface area contributed by atoms with E-state index in [0.717, 1.165) is 18.8 Å². The molecule has 102 valence electrons. The molecule has 2 aromatic rings. The number of rotatable bonds is 6. The van der Waals surface area contributed by atoms with Crippen LogP contribution in [0, 0.1) is 12.8 Å². The van der Waals surface area contributed by atoms with Crippen LogP contribution in [0.3, 0.4) is 0 Å². The van der Waals surface area contributed by atoms with Gasteiger partial charge in [0.1, 0.15) is 0 Å². The maximum absolute atomic E-state index is 5.45. The van der Waals surface area contributed by atoms with Gasteiger partial charge in [0, 0.05) is 26.2 Å². The largest absolute Gasteiger partial charge is 0.424 e. The summed E-state index contributed by atoms with van der Waals surface area (Å²) >= 11 is 0. The molecule has 2 heterocycles. The summed E-state index contributed by atoms with van der Waals surface area (Å²) < 4.78 is 5.45. The fourth-order valence-electron chi connectivity index (χ4n) is 2.01. The van der Waals surface area contributed by atoms with Gasteiger partial charge < -0.3 is 4.42 Å². The zero-order chi connectivity index (χ0) is 13.7. The second-order valence-electron chi connectivity index (χ2n) is 5.10. The molecule has 0 N–H and O–H groups in total. The van der Waals surface area contributed by atoms with Crippen LogP contribution in [0.4, 0.5) is 0 Å². The zero-order valence-electron chi connectivity index (χ0n) is 11.7. The first-order chi connectivity index (χ1) is 9.13. The van der Waals surface area contributed by atoms with E-state index < -0.39 is 0 Å². The Bertz CT molecular complexity index is 495. The molecule has 0 aliphatic rings. The van der Waals surface area contributed by atoms with Gasteiger partial charge in [-0.15, -0.1) is 10.2 Å². The second kappa shape index (κ2) is 6.43. The summed E-state index contributed by atoms with van der Waals surface area (Å²) in [6.07, 6.45) is 1.82. The van der Waals surface area contributed by atoms with E-state index in [2.05, 4.69) is 33.9 Å². The van der Waals surface area contributed by atoms with Gasteiger partial charge in [-0.2, -0.15) is 0 Å². The maximum Gasteiger partial charge on any atom is 0.230 e. The molecule has 0 bridgehead atoms. The summed E-state index contributed by atoms with van der Waals surface area (Å²) in [6, 6.07) is 5.97. The van der Waals surface area contributed by atoms with Gasteiger partial charge in [-0.25, -0.2) is 0 Å². The van der Waals surface area contributed by atoms with Crippen molar-refractivity contribution < 1.29 is 4.42 Å². The summed E-state index contributed by atoms with van der Waals surface area (Å²) in [6.45, 7) is 8.63. The lowest BCUT2D eigenvalue weighted by atomic mass is 10.2. The number of hydrogen-bond acceptors (Lipinski definition) is 5. The van der Waals surface area contributed by atoms with Crippen LogP contribution < -0.4 is 0 Å². The molecule has 5 nitrogen and oxygen atoms in total. The van der Waals surface area contributed by atoms with Crippen LogP contribution in [0.1, 0.15) is 31.3 Å². The van der Waals surface area contributed by atoms with Crippen molar-refractivity contribution in [3.8, 4) is 0 Å². The van der Waals surface area contributed by atoms with Crippen LogP contribution in [-0.4, -0.2) is 26.6 Å². The highest BCUT2D eigenvalue weighted by Crippen LogP contribution is 2.10. The molecule has 0 radical (unpaired) electrons. The summed E-state index contributed by atoms with van der Waals surface area (Å²) in [5.74, 6) is 1.85. The Kier molecular flexibility index (Phi) is 4.63. The Labute approximate surface area is 113 Å². The van der Waals surface area contributed by atoms with Crippen LogP contribution in [0.25, 0.3) is 0 Å². The first kappa shape index (κ1) is 13.7. The average Bonchev–Trinajstić information content (AvgIpc) is 2.75. The highest BCUT2D eigenvalue weighted by Gasteiger charge is 2.13. The lowest BCUT2D eigenvalue weighted by Crippen LogP contribution is -2.27. The molecule has 0 aromatic carbocycles. The molecular weight excluding hydrogens is 240 g/mol. The van der Waals surface area contributed by atoms with Crippen LogP contribution in [0.2, 0.25) is 0 Å². The summed E-state index contributed by atoms with van der Waals surface area (Å²) in [4.78, 5) is 6.64. The summed E-state index contributed by atoms with van der Waals surface area (Å²) in [7, 11) is 0. The normalized spacial score (nSPS) is 11.4. The summed E-state index contributed by atoms with van der Waals surface area (Å²) in [5.41, 5.74) is 1.05. The van der Waals surface area contributed by atoms with Crippen molar-refractivity contribution in [2.24, 2.45) is 5.92 Å². The fraction of sp³-hybridized carbons (Fsp3) is 0.500. The van der Waals surface area contributed by atoms with Gasteiger partial charge in [0.25, 0.3) is 0 Å². The predicted molar refractivity (Wildman–Crippen MR) is 72.2 cm³/mol. The van der Waals surface area contributed by atoms with E-state index in [1.807, 2.05) is 31.3 Å². The van der Waals surface area contributed by atoms with Crippen LogP contribution >= 0.6 is 0 Å². The third-order valence-corrected chi connectivity index (χ3v) is 2.66. The van der Waals surface area contributed by atoms with Gasteiger partial charge in [0.05, 0.1) is 12.2 Å². The lowest BCUT2D eigenvalue weighted by Gasteiger charge is -2.22. The van der Waals surface area contributed by atoms with Crippen molar-refractivity contribution >= 4 is 0 Å². The van der Waals surface area contributed by atoms with Gasteiger partial charge >= 0.3 is 0 Å². The zero-order valence-corrected chi connectivity index (χ0v) is 11.7. The molecule has 0 fully saturated rings.